The molecule has 0 atom stereocenters. The van der Waals surface area contributed by atoms with E-state index in [1.165, 1.54) is 19.3 Å². The summed E-state index contributed by atoms with van der Waals surface area (Å²) in [5.74, 6) is 0.837. The van der Waals surface area contributed by atoms with Gasteiger partial charge in [-0.2, -0.15) is 0 Å². The largest absolute Gasteiger partial charge is 0.444 e. The predicted molar refractivity (Wildman–Crippen MR) is 79.9 cm³/mol. The van der Waals surface area contributed by atoms with Crippen LogP contribution in [0.2, 0.25) is 0 Å². The summed E-state index contributed by atoms with van der Waals surface area (Å²) in [5.41, 5.74) is -0.457. The van der Waals surface area contributed by atoms with Crippen LogP contribution in [0.4, 0.5) is 4.79 Å². The standard InChI is InChI=1S/C15H30N2O3/c1-15(2,3)20-14(18)17(10-11-19-4)9-8-16-12-13-6-5-7-13/h13,16H,5-12H2,1-4H3. The summed E-state index contributed by atoms with van der Waals surface area (Å²) in [6.45, 7) is 9.27. The van der Waals surface area contributed by atoms with Crippen LogP contribution < -0.4 is 5.32 Å². The molecular weight excluding hydrogens is 256 g/mol. The molecule has 1 aliphatic carbocycles. The van der Waals surface area contributed by atoms with E-state index < -0.39 is 5.60 Å². The number of nitrogens with one attached hydrogen (secondary N) is 1. The van der Waals surface area contributed by atoms with Crippen molar-refractivity contribution in [1.29, 1.82) is 0 Å². The van der Waals surface area contributed by atoms with Crippen LogP contribution in [0, 0.1) is 5.92 Å². The quantitative estimate of drug-likeness (QED) is 0.695. The number of amides is 1. The van der Waals surface area contributed by atoms with Crippen LogP contribution in [0.5, 0.6) is 0 Å². The summed E-state index contributed by atoms with van der Waals surface area (Å²) in [6.07, 6.45) is 3.78. The maximum Gasteiger partial charge on any atom is 0.410 e. The summed E-state index contributed by atoms with van der Waals surface area (Å²) in [6, 6.07) is 0. The van der Waals surface area contributed by atoms with Gasteiger partial charge >= 0.3 is 6.09 Å². The van der Waals surface area contributed by atoms with Crippen LogP contribution in [0.15, 0.2) is 0 Å². The lowest BCUT2D eigenvalue weighted by Gasteiger charge is -2.28. The van der Waals surface area contributed by atoms with Gasteiger partial charge in [-0.15, -0.1) is 0 Å². The number of nitrogens with zero attached hydrogens (tertiary/aromatic N) is 1. The molecule has 1 rings (SSSR count). The van der Waals surface area contributed by atoms with E-state index in [4.69, 9.17) is 9.47 Å². The summed E-state index contributed by atoms with van der Waals surface area (Å²) in [5, 5.41) is 3.42. The second-order valence-electron chi connectivity index (χ2n) is 6.46. The molecule has 20 heavy (non-hydrogen) atoms. The number of hydrogen-bond donors (Lipinski definition) is 1. The van der Waals surface area contributed by atoms with Crippen molar-refractivity contribution in [2.24, 2.45) is 5.92 Å². The fourth-order valence-electron chi connectivity index (χ4n) is 2.04. The Bertz CT molecular complexity index is 285. The van der Waals surface area contributed by atoms with E-state index in [-0.39, 0.29) is 6.09 Å². The van der Waals surface area contributed by atoms with E-state index in [1.54, 1.807) is 12.0 Å². The van der Waals surface area contributed by atoms with Crippen LogP contribution in [-0.2, 0) is 9.47 Å². The lowest BCUT2D eigenvalue weighted by Crippen LogP contribution is -2.42. The molecule has 5 heteroatoms. The molecule has 1 amide bonds. The summed E-state index contributed by atoms with van der Waals surface area (Å²) in [4.78, 5) is 13.8. The van der Waals surface area contributed by atoms with Gasteiger partial charge in [0.05, 0.1) is 6.61 Å². The Morgan fingerprint density at radius 2 is 2.00 bits per heavy atom. The minimum atomic E-state index is -0.457. The monoisotopic (exact) mass is 286 g/mol. The van der Waals surface area contributed by atoms with Crippen LogP contribution in [0.1, 0.15) is 40.0 Å². The van der Waals surface area contributed by atoms with Crippen molar-refractivity contribution in [1.82, 2.24) is 10.2 Å². The summed E-state index contributed by atoms with van der Waals surface area (Å²) >= 11 is 0. The van der Waals surface area contributed by atoms with Gasteiger partial charge in [0.2, 0.25) is 0 Å². The average Bonchev–Trinajstić information content (AvgIpc) is 2.27. The fraction of sp³-hybridized carbons (Fsp3) is 0.933. The van der Waals surface area contributed by atoms with Crippen molar-refractivity contribution in [2.75, 3.05) is 39.9 Å². The second-order valence-corrected chi connectivity index (χ2v) is 6.46. The first-order valence-electron chi connectivity index (χ1n) is 7.60. The maximum atomic E-state index is 12.1. The highest BCUT2D eigenvalue weighted by Crippen LogP contribution is 2.24. The van der Waals surface area contributed by atoms with Gasteiger partial charge in [-0.05, 0) is 46.1 Å². The minimum absolute atomic E-state index is 0.264. The molecule has 0 aromatic carbocycles. The van der Waals surface area contributed by atoms with Crippen molar-refractivity contribution < 1.29 is 14.3 Å². The highest BCUT2D eigenvalue weighted by atomic mass is 16.6. The summed E-state index contributed by atoms with van der Waals surface area (Å²) < 4.78 is 10.5. The molecular formula is C15H30N2O3. The van der Waals surface area contributed by atoms with Crippen molar-refractivity contribution in [3.05, 3.63) is 0 Å². The highest BCUT2D eigenvalue weighted by molar-refractivity contribution is 5.68. The maximum absolute atomic E-state index is 12.1. The predicted octanol–water partition coefficient (Wildman–Crippen LogP) is 2.26. The lowest BCUT2D eigenvalue weighted by molar-refractivity contribution is 0.0203. The highest BCUT2D eigenvalue weighted by Gasteiger charge is 2.22. The first-order valence-corrected chi connectivity index (χ1v) is 7.60. The number of carbonyl (C=O) groups is 1. The molecule has 0 aromatic heterocycles. The number of ether oxygens (including phenoxy) is 2. The molecule has 5 nitrogen and oxygen atoms in total. The van der Waals surface area contributed by atoms with E-state index in [0.29, 0.717) is 19.7 Å². The number of hydrogen-bond acceptors (Lipinski definition) is 4. The Balaban J connectivity index is 2.27. The molecule has 118 valence electrons. The van der Waals surface area contributed by atoms with Crippen LogP contribution in [0.3, 0.4) is 0 Å². The molecule has 1 fully saturated rings. The number of carbonyl (C=O) groups excluding carboxylic acids is 1. The third kappa shape index (κ3) is 7.10. The van der Waals surface area contributed by atoms with E-state index in [2.05, 4.69) is 5.32 Å². The van der Waals surface area contributed by atoms with Gasteiger partial charge < -0.3 is 19.7 Å². The first kappa shape index (κ1) is 17.2. The zero-order valence-corrected chi connectivity index (χ0v) is 13.4. The van der Waals surface area contributed by atoms with Gasteiger partial charge in [0.1, 0.15) is 5.60 Å². The van der Waals surface area contributed by atoms with Gasteiger partial charge in [-0.1, -0.05) is 6.42 Å². The fourth-order valence-corrected chi connectivity index (χ4v) is 2.04. The molecule has 0 heterocycles. The third-order valence-electron chi connectivity index (χ3n) is 3.43. The Morgan fingerprint density at radius 1 is 1.30 bits per heavy atom. The normalized spacial score (nSPS) is 15.8. The molecule has 0 bridgehead atoms. The molecule has 0 radical (unpaired) electrons. The minimum Gasteiger partial charge on any atom is -0.444 e. The SMILES string of the molecule is COCCN(CCNCC1CCC1)C(=O)OC(C)(C)C. The zero-order valence-electron chi connectivity index (χ0n) is 13.4. The van der Waals surface area contributed by atoms with Gasteiger partial charge in [0, 0.05) is 26.7 Å². The van der Waals surface area contributed by atoms with Crippen LogP contribution in [0.25, 0.3) is 0 Å². The third-order valence-corrected chi connectivity index (χ3v) is 3.43. The van der Waals surface area contributed by atoms with Gasteiger partial charge in [0.25, 0.3) is 0 Å². The Hall–Kier alpha value is -0.810. The van der Waals surface area contributed by atoms with Gasteiger partial charge in [-0.3, -0.25) is 0 Å². The summed E-state index contributed by atoms with van der Waals surface area (Å²) in [7, 11) is 1.64. The number of rotatable bonds is 8. The van der Waals surface area contributed by atoms with E-state index in [0.717, 1.165) is 19.0 Å². The Kier molecular flexibility index (Phi) is 7.30. The number of methoxy groups -OCH3 is 1. The molecule has 1 N–H and O–H groups in total. The molecule has 0 aromatic rings. The van der Waals surface area contributed by atoms with E-state index >= 15 is 0 Å². The molecule has 0 unspecified atom stereocenters. The topological polar surface area (TPSA) is 50.8 Å². The van der Waals surface area contributed by atoms with Gasteiger partial charge in [0.15, 0.2) is 0 Å². The zero-order chi connectivity index (χ0) is 15.0. The van der Waals surface area contributed by atoms with Crippen molar-refractivity contribution in [3.63, 3.8) is 0 Å². The molecule has 0 spiro atoms. The van der Waals surface area contributed by atoms with Crippen molar-refractivity contribution in [2.45, 2.75) is 45.6 Å². The molecule has 0 aliphatic heterocycles. The smallest absolute Gasteiger partial charge is 0.410 e. The van der Waals surface area contributed by atoms with Crippen LogP contribution in [-0.4, -0.2) is 56.5 Å². The van der Waals surface area contributed by atoms with E-state index in [1.807, 2.05) is 20.8 Å². The Labute approximate surface area is 123 Å². The molecule has 1 aliphatic rings. The molecule has 0 saturated heterocycles. The second kappa shape index (κ2) is 8.47. The van der Waals surface area contributed by atoms with Crippen molar-refractivity contribution in [3.8, 4) is 0 Å². The van der Waals surface area contributed by atoms with Gasteiger partial charge in [-0.25, -0.2) is 4.79 Å². The van der Waals surface area contributed by atoms with Crippen molar-refractivity contribution >= 4 is 6.09 Å². The van der Waals surface area contributed by atoms with E-state index in [9.17, 15) is 4.79 Å². The Morgan fingerprint density at radius 3 is 2.50 bits per heavy atom. The molecule has 1 saturated carbocycles. The lowest BCUT2D eigenvalue weighted by atomic mass is 9.85. The average molecular weight is 286 g/mol. The van der Waals surface area contributed by atoms with Crippen LogP contribution >= 0.6 is 0 Å². The first-order chi connectivity index (χ1) is 9.42.